The van der Waals surface area contributed by atoms with Gasteiger partial charge in [0.15, 0.2) is 0 Å². The highest BCUT2D eigenvalue weighted by molar-refractivity contribution is 5.37. The molecule has 0 radical (unpaired) electrons. The van der Waals surface area contributed by atoms with Gasteiger partial charge in [0.1, 0.15) is 5.75 Å². The average Bonchev–Trinajstić information content (AvgIpc) is 2.30. The van der Waals surface area contributed by atoms with Crippen molar-refractivity contribution in [3.05, 3.63) is 29.3 Å². The first-order valence-corrected chi connectivity index (χ1v) is 5.80. The number of hydrogen-bond acceptors (Lipinski definition) is 3. The third kappa shape index (κ3) is 3.22. The first-order chi connectivity index (χ1) is 7.72. The van der Waals surface area contributed by atoms with Crippen molar-refractivity contribution in [1.29, 1.82) is 0 Å². The Morgan fingerprint density at radius 2 is 2.19 bits per heavy atom. The molecule has 90 valence electrons. The van der Waals surface area contributed by atoms with E-state index in [0.717, 1.165) is 24.3 Å². The molecule has 0 fully saturated rings. The lowest BCUT2D eigenvalue weighted by Crippen LogP contribution is -2.28. The quantitative estimate of drug-likeness (QED) is 0.774. The molecule has 3 nitrogen and oxygen atoms in total. The molecule has 0 aromatic heterocycles. The number of methoxy groups -OCH3 is 1. The lowest BCUT2D eigenvalue weighted by atomic mass is 10.0. The summed E-state index contributed by atoms with van der Waals surface area (Å²) in [6, 6.07) is 6.45. The van der Waals surface area contributed by atoms with Gasteiger partial charge in [-0.3, -0.25) is 0 Å². The molecule has 1 aromatic rings. The second-order valence-electron chi connectivity index (χ2n) is 3.97. The predicted molar refractivity (Wildman–Crippen MR) is 67.8 cm³/mol. The van der Waals surface area contributed by atoms with E-state index in [2.05, 4.69) is 31.3 Å². The van der Waals surface area contributed by atoms with Crippen molar-refractivity contribution in [2.75, 3.05) is 20.2 Å². The van der Waals surface area contributed by atoms with Gasteiger partial charge in [-0.05, 0) is 37.1 Å². The van der Waals surface area contributed by atoms with Gasteiger partial charge in [-0.2, -0.15) is 0 Å². The predicted octanol–water partition coefficient (Wildman–Crippen LogP) is 2.00. The van der Waals surface area contributed by atoms with Crippen LogP contribution in [0, 0.1) is 6.92 Å². The summed E-state index contributed by atoms with van der Waals surface area (Å²) in [5, 5.41) is 3.43. The fourth-order valence-corrected chi connectivity index (χ4v) is 1.77. The minimum atomic E-state index is 0.240. The molecule has 0 heterocycles. The van der Waals surface area contributed by atoms with Gasteiger partial charge in [-0.25, -0.2) is 0 Å². The molecule has 0 aliphatic carbocycles. The molecule has 1 rings (SSSR count). The topological polar surface area (TPSA) is 47.3 Å². The van der Waals surface area contributed by atoms with Crippen molar-refractivity contribution in [2.24, 2.45) is 5.73 Å². The van der Waals surface area contributed by atoms with Gasteiger partial charge in [-0.1, -0.05) is 19.1 Å². The lowest BCUT2D eigenvalue weighted by molar-refractivity contribution is 0.411. The van der Waals surface area contributed by atoms with E-state index in [1.807, 2.05) is 6.07 Å². The highest BCUT2D eigenvalue weighted by atomic mass is 16.5. The molecule has 0 spiro atoms. The maximum Gasteiger partial charge on any atom is 0.121 e. The van der Waals surface area contributed by atoms with Crippen LogP contribution in [0.25, 0.3) is 0 Å². The Hall–Kier alpha value is -1.06. The number of nitrogens with one attached hydrogen (secondary N) is 1. The van der Waals surface area contributed by atoms with E-state index in [1.165, 1.54) is 5.56 Å². The van der Waals surface area contributed by atoms with Crippen LogP contribution in [-0.2, 0) is 0 Å². The van der Waals surface area contributed by atoms with E-state index in [-0.39, 0.29) is 6.04 Å². The summed E-state index contributed by atoms with van der Waals surface area (Å²) in [5.74, 6) is 0.926. The summed E-state index contributed by atoms with van der Waals surface area (Å²) in [4.78, 5) is 0. The Morgan fingerprint density at radius 1 is 1.44 bits per heavy atom. The maximum absolute atomic E-state index is 5.77. The number of hydrogen-bond donors (Lipinski definition) is 2. The lowest BCUT2D eigenvalue weighted by Gasteiger charge is -2.18. The molecule has 0 aliphatic heterocycles. The van der Waals surface area contributed by atoms with E-state index in [1.54, 1.807) is 7.11 Å². The molecule has 0 saturated carbocycles. The molecule has 1 unspecified atom stereocenters. The van der Waals surface area contributed by atoms with Crippen molar-refractivity contribution in [1.82, 2.24) is 5.32 Å². The second kappa shape index (κ2) is 6.51. The van der Waals surface area contributed by atoms with Crippen LogP contribution < -0.4 is 15.8 Å². The van der Waals surface area contributed by atoms with Crippen LogP contribution in [0.4, 0.5) is 0 Å². The van der Waals surface area contributed by atoms with E-state index in [9.17, 15) is 0 Å². The van der Waals surface area contributed by atoms with Crippen LogP contribution in [0.1, 0.15) is 30.5 Å². The first kappa shape index (κ1) is 13.0. The van der Waals surface area contributed by atoms with Crippen LogP contribution in [-0.4, -0.2) is 20.2 Å². The highest BCUT2D eigenvalue weighted by Gasteiger charge is 2.09. The fraction of sp³-hybridized carbons (Fsp3) is 0.538. The number of nitrogens with two attached hydrogens (primary N) is 1. The molecule has 3 heteroatoms. The Morgan fingerprint density at radius 3 is 2.69 bits per heavy atom. The second-order valence-corrected chi connectivity index (χ2v) is 3.97. The van der Waals surface area contributed by atoms with Crippen LogP contribution >= 0.6 is 0 Å². The first-order valence-electron chi connectivity index (χ1n) is 5.80. The smallest absolute Gasteiger partial charge is 0.121 e. The summed E-state index contributed by atoms with van der Waals surface area (Å²) in [6.45, 7) is 5.81. The third-order valence-electron chi connectivity index (χ3n) is 2.70. The molecule has 16 heavy (non-hydrogen) atoms. The van der Waals surface area contributed by atoms with Gasteiger partial charge < -0.3 is 15.8 Å². The number of aryl methyl sites for hydroxylation is 1. The molecular formula is C13H22N2O. The summed E-state index contributed by atoms with van der Waals surface area (Å²) >= 11 is 0. The SMILES string of the molecule is CCCNC(CN)c1ccc(OC)c(C)c1. The summed E-state index contributed by atoms with van der Waals surface area (Å²) < 4.78 is 5.24. The number of benzene rings is 1. The zero-order chi connectivity index (χ0) is 12.0. The Balaban J connectivity index is 2.80. The van der Waals surface area contributed by atoms with Gasteiger partial charge in [0.05, 0.1) is 7.11 Å². The van der Waals surface area contributed by atoms with E-state index < -0.39 is 0 Å². The van der Waals surface area contributed by atoms with E-state index >= 15 is 0 Å². The van der Waals surface area contributed by atoms with Crippen molar-refractivity contribution in [3.63, 3.8) is 0 Å². The van der Waals surface area contributed by atoms with Crippen LogP contribution in [0.3, 0.4) is 0 Å². The molecule has 0 aliphatic rings. The van der Waals surface area contributed by atoms with Gasteiger partial charge in [0, 0.05) is 12.6 Å². The summed E-state index contributed by atoms with van der Waals surface area (Å²) in [6.07, 6.45) is 1.12. The van der Waals surface area contributed by atoms with Gasteiger partial charge in [0.2, 0.25) is 0 Å². The van der Waals surface area contributed by atoms with Gasteiger partial charge >= 0.3 is 0 Å². The molecule has 3 N–H and O–H groups in total. The Kier molecular flexibility index (Phi) is 5.29. The van der Waals surface area contributed by atoms with Crippen LogP contribution in [0.5, 0.6) is 5.75 Å². The summed E-state index contributed by atoms with van der Waals surface area (Å²) in [5.41, 5.74) is 8.15. The normalized spacial score (nSPS) is 12.5. The number of rotatable bonds is 6. The summed E-state index contributed by atoms with van der Waals surface area (Å²) in [7, 11) is 1.69. The van der Waals surface area contributed by atoms with Crippen LogP contribution in [0.2, 0.25) is 0 Å². The van der Waals surface area contributed by atoms with Crippen molar-refractivity contribution in [2.45, 2.75) is 26.3 Å². The minimum Gasteiger partial charge on any atom is -0.496 e. The Labute approximate surface area is 98.0 Å². The number of ether oxygens (including phenoxy) is 1. The van der Waals surface area contributed by atoms with Crippen molar-refractivity contribution in [3.8, 4) is 5.75 Å². The standard InChI is InChI=1S/C13H22N2O/c1-4-7-15-12(9-14)11-5-6-13(16-3)10(2)8-11/h5-6,8,12,15H,4,7,9,14H2,1-3H3. The highest BCUT2D eigenvalue weighted by Crippen LogP contribution is 2.22. The minimum absolute atomic E-state index is 0.240. The molecule has 0 bridgehead atoms. The molecule has 1 atom stereocenters. The zero-order valence-electron chi connectivity index (χ0n) is 10.4. The van der Waals surface area contributed by atoms with Gasteiger partial charge in [-0.15, -0.1) is 0 Å². The van der Waals surface area contributed by atoms with Crippen LogP contribution in [0.15, 0.2) is 18.2 Å². The van der Waals surface area contributed by atoms with E-state index in [0.29, 0.717) is 6.54 Å². The third-order valence-corrected chi connectivity index (χ3v) is 2.70. The Bertz CT molecular complexity index is 326. The van der Waals surface area contributed by atoms with Gasteiger partial charge in [0.25, 0.3) is 0 Å². The fourth-order valence-electron chi connectivity index (χ4n) is 1.77. The monoisotopic (exact) mass is 222 g/mol. The molecule has 0 amide bonds. The van der Waals surface area contributed by atoms with Crippen molar-refractivity contribution >= 4 is 0 Å². The molecular weight excluding hydrogens is 200 g/mol. The molecule has 1 aromatic carbocycles. The average molecular weight is 222 g/mol. The molecule has 0 saturated heterocycles. The van der Waals surface area contributed by atoms with Crippen molar-refractivity contribution < 1.29 is 4.74 Å². The zero-order valence-corrected chi connectivity index (χ0v) is 10.4. The van der Waals surface area contributed by atoms with E-state index in [4.69, 9.17) is 10.5 Å². The largest absolute Gasteiger partial charge is 0.496 e. The maximum atomic E-state index is 5.77.